The average Bonchev–Trinajstić information content (AvgIpc) is 3.43. The predicted molar refractivity (Wildman–Crippen MR) is 96.1 cm³/mol. The second kappa shape index (κ2) is 7.17. The predicted octanol–water partition coefficient (Wildman–Crippen LogP) is 2.48. The third kappa shape index (κ3) is 3.72. The lowest BCUT2D eigenvalue weighted by Crippen LogP contribution is -2.44. The van der Waals surface area contributed by atoms with Crippen LogP contribution in [0.1, 0.15) is 31.5 Å². The van der Waals surface area contributed by atoms with E-state index < -0.39 is 0 Å². The zero-order valence-corrected chi connectivity index (χ0v) is 15.1. The number of amides is 1. The van der Waals surface area contributed by atoms with Gasteiger partial charge in [0.05, 0.1) is 24.2 Å². The van der Waals surface area contributed by atoms with Crippen LogP contribution in [-0.2, 0) is 9.53 Å². The maximum Gasteiger partial charge on any atom is 0.236 e. The maximum atomic E-state index is 12.6. The van der Waals surface area contributed by atoms with Crippen molar-refractivity contribution in [2.75, 3.05) is 26.3 Å². The molecule has 2 fully saturated rings. The first-order valence-electron chi connectivity index (χ1n) is 8.78. The number of benzene rings is 1. The zero-order chi connectivity index (χ0) is 17.2. The number of rotatable bonds is 5. The number of hydrogen-bond donors (Lipinski definition) is 0. The Kier molecular flexibility index (Phi) is 4.76. The van der Waals surface area contributed by atoms with Gasteiger partial charge in [0.2, 0.25) is 11.1 Å². The van der Waals surface area contributed by atoms with Crippen LogP contribution in [0.2, 0.25) is 0 Å². The average molecular weight is 358 g/mol. The van der Waals surface area contributed by atoms with E-state index >= 15 is 0 Å². The highest BCUT2D eigenvalue weighted by Crippen LogP contribution is 2.40. The number of morpholine rings is 1. The normalized spacial score (nSPS) is 19.0. The van der Waals surface area contributed by atoms with E-state index in [1.807, 2.05) is 46.8 Å². The molecule has 0 spiro atoms. The van der Waals surface area contributed by atoms with Gasteiger partial charge in [-0.3, -0.25) is 4.79 Å². The molecule has 6 nitrogen and oxygen atoms in total. The van der Waals surface area contributed by atoms with Crippen LogP contribution in [0.5, 0.6) is 0 Å². The van der Waals surface area contributed by atoms with Gasteiger partial charge >= 0.3 is 0 Å². The van der Waals surface area contributed by atoms with E-state index in [4.69, 9.17) is 9.72 Å². The molecule has 25 heavy (non-hydrogen) atoms. The summed E-state index contributed by atoms with van der Waals surface area (Å²) in [4.78, 5) is 19.2. The molecule has 2 heterocycles. The summed E-state index contributed by atoms with van der Waals surface area (Å²) < 4.78 is 7.26. The first-order valence-corrected chi connectivity index (χ1v) is 9.66. The van der Waals surface area contributed by atoms with Gasteiger partial charge in [-0.15, -0.1) is 5.10 Å². The minimum absolute atomic E-state index is 0.136. The number of thioether (sulfide) groups is 1. The highest BCUT2D eigenvalue weighted by Gasteiger charge is 2.31. The first kappa shape index (κ1) is 16.6. The molecular formula is C18H22N4O2S. The Morgan fingerprint density at radius 1 is 1.24 bits per heavy atom. The molecule has 1 aromatic heterocycles. The summed E-state index contributed by atoms with van der Waals surface area (Å²) in [6.45, 7) is 4.51. The fourth-order valence-electron chi connectivity index (χ4n) is 2.97. The first-order chi connectivity index (χ1) is 12.2. The van der Waals surface area contributed by atoms with Crippen molar-refractivity contribution in [2.45, 2.75) is 36.1 Å². The largest absolute Gasteiger partial charge is 0.378 e. The summed E-state index contributed by atoms with van der Waals surface area (Å²) in [7, 11) is 0. The van der Waals surface area contributed by atoms with Crippen LogP contribution in [-0.4, -0.2) is 57.1 Å². The van der Waals surface area contributed by atoms with Gasteiger partial charge in [-0.2, -0.15) is 0 Å². The molecule has 0 bridgehead atoms. The van der Waals surface area contributed by atoms with Crippen LogP contribution >= 0.6 is 11.8 Å². The number of nitrogens with zero attached hydrogens (tertiary/aromatic N) is 4. The van der Waals surface area contributed by atoms with Crippen molar-refractivity contribution in [3.63, 3.8) is 0 Å². The second-order valence-electron chi connectivity index (χ2n) is 6.47. The van der Waals surface area contributed by atoms with Crippen LogP contribution in [0.15, 0.2) is 35.5 Å². The fourth-order valence-corrected chi connectivity index (χ4v) is 3.81. The summed E-state index contributed by atoms with van der Waals surface area (Å²) in [5, 5.41) is 5.17. The minimum atomic E-state index is -0.197. The molecule has 7 heteroatoms. The molecule has 4 rings (SSSR count). The molecule has 0 N–H and O–H groups in total. The van der Waals surface area contributed by atoms with Crippen molar-refractivity contribution in [3.8, 4) is 5.69 Å². The van der Waals surface area contributed by atoms with E-state index in [-0.39, 0.29) is 11.2 Å². The van der Waals surface area contributed by atoms with Gasteiger partial charge < -0.3 is 9.64 Å². The van der Waals surface area contributed by atoms with Crippen LogP contribution in [0.25, 0.3) is 5.69 Å². The van der Waals surface area contributed by atoms with Crippen molar-refractivity contribution < 1.29 is 9.53 Å². The highest BCUT2D eigenvalue weighted by atomic mass is 32.2. The van der Waals surface area contributed by atoms with Crippen LogP contribution in [0.4, 0.5) is 0 Å². The van der Waals surface area contributed by atoms with E-state index in [9.17, 15) is 4.79 Å². The Bertz CT molecular complexity index is 739. The number of ether oxygens (including phenoxy) is 1. The molecule has 2 aromatic rings. The van der Waals surface area contributed by atoms with Gasteiger partial charge in [-0.1, -0.05) is 30.0 Å². The molecule has 1 atom stereocenters. The molecule has 1 saturated heterocycles. The van der Waals surface area contributed by atoms with E-state index in [2.05, 4.69) is 5.10 Å². The molecule has 1 aliphatic carbocycles. The summed E-state index contributed by atoms with van der Waals surface area (Å²) in [5.74, 6) is 1.64. The molecule has 2 aliphatic rings. The standard InChI is InChI=1S/C18H22N4O2S/c1-13(17(23)21-9-11-24-12-10-21)25-18-19-16(14-7-8-14)22(20-18)15-5-3-2-4-6-15/h2-6,13-14H,7-12H2,1H3/t13-/m0/s1. The molecule has 1 aromatic carbocycles. The summed E-state index contributed by atoms with van der Waals surface area (Å²) in [6, 6.07) is 10.1. The lowest BCUT2D eigenvalue weighted by Gasteiger charge is -2.28. The van der Waals surface area contributed by atoms with E-state index in [0.717, 1.165) is 24.4 Å². The molecule has 132 valence electrons. The van der Waals surface area contributed by atoms with E-state index in [1.54, 1.807) is 0 Å². The number of carbonyl (C=O) groups is 1. The minimum Gasteiger partial charge on any atom is -0.378 e. The monoisotopic (exact) mass is 358 g/mol. The van der Waals surface area contributed by atoms with Gasteiger partial charge in [0.15, 0.2) is 0 Å². The van der Waals surface area contributed by atoms with Crippen LogP contribution in [0.3, 0.4) is 0 Å². The quantitative estimate of drug-likeness (QED) is 0.769. The zero-order valence-electron chi connectivity index (χ0n) is 14.3. The van der Waals surface area contributed by atoms with E-state index in [0.29, 0.717) is 37.4 Å². The number of carbonyl (C=O) groups excluding carboxylic acids is 1. The topological polar surface area (TPSA) is 60.2 Å². The van der Waals surface area contributed by atoms with Crippen molar-refractivity contribution in [3.05, 3.63) is 36.2 Å². The van der Waals surface area contributed by atoms with Crippen LogP contribution < -0.4 is 0 Å². The van der Waals surface area contributed by atoms with Crippen molar-refractivity contribution in [1.29, 1.82) is 0 Å². The number of aromatic nitrogens is 3. The Morgan fingerprint density at radius 3 is 2.64 bits per heavy atom. The van der Waals surface area contributed by atoms with Gasteiger partial charge in [0.1, 0.15) is 5.82 Å². The molecule has 1 saturated carbocycles. The number of para-hydroxylation sites is 1. The molecule has 1 aliphatic heterocycles. The maximum absolute atomic E-state index is 12.6. The molecular weight excluding hydrogens is 336 g/mol. The Hall–Kier alpha value is -1.86. The van der Waals surface area contributed by atoms with Crippen molar-refractivity contribution >= 4 is 17.7 Å². The van der Waals surface area contributed by atoms with Gasteiger partial charge in [0.25, 0.3) is 0 Å². The third-order valence-corrected chi connectivity index (χ3v) is 5.45. The van der Waals surface area contributed by atoms with Gasteiger partial charge in [-0.05, 0) is 31.9 Å². The fraction of sp³-hybridized carbons (Fsp3) is 0.500. The lowest BCUT2D eigenvalue weighted by atomic mass is 10.3. The smallest absolute Gasteiger partial charge is 0.236 e. The highest BCUT2D eigenvalue weighted by molar-refractivity contribution is 8.00. The van der Waals surface area contributed by atoms with Crippen LogP contribution in [0, 0.1) is 0 Å². The molecule has 0 unspecified atom stereocenters. The molecule has 0 radical (unpaired) electrons. The van der Waals surface area contributed by atoms with Gasteiger partial charge in [-0.25, -0.2) is 9.67 Å². The second-order valence-corrected chi connectivity index (χ2v) is 7.78. The lowest BCUT2D eigenvalue weighted by molar-refractivity contribution is -0.134. The Morgan fingerprint density at radius 2 is 1.96 bits per heavy atom. The Balaban J connectivity index is 1.51. The SMILES string of the molecule is C[C@H](Sc1nc(C2CC2)n(-c2ccccc2)n1)C(=O)N1CCOCC1. The number of hydrogen-bond acceptors (Lipinski definition) is 5. The van der Waals surface area contributed by atoms with E-state index in [1.165, 1.54) is 11.8 Å². The molecule has 1 amide bonds. The Labute approximate surface area is 151 Å². The van der Waals surface area contributed by atoms with Gasteiger partial charge in [0, 0.05) is 19.0 Å². The summed E-state index contributed by atoms with van der Waals surface area (Å²) in [6.07, 6.45) is 2.33. The van der Waals surface area contributed by atoms with Crippen molar-refractivity contribution in [1.82, 2.24) is 19.7 Å². The van der Waals surface area contributed by atoms with Crippen molar-refractivity contribution in [2.24, 2.45) is 0 Å². The summed E-state index contributed by atoms with van der Waals surface area (Å²) >= 11 is 1.45. The summed E-state index contributed by atoms with van der Waals surface area (Å²) in [5.41, 5.74) is 1.02. The third-order valence-electron chi connectivity index (χ3n) is 4.51.